The van der Waals surface area contributed by atoms with Crippen LogP contribution in [0.15, 0.2) is 34.6 Å². The molecule has 3 rings (SSSR count). The van der Waals surface area contributed by atoms with Crippen molar-refractivity contribution in [3.05, 3.63) is 56.1 Å². The molecule has 0 aliphatic carbocycles. The van der Waals surface area contributed by atoms with Crippen LogP contribution in [0.25, 0.3) is 0 Å². The van der Waals surface area contributed by atoms with Gasteiger partial charge < -0.3 is 15.0 Å². The maximum absolute atomic E-state index is 12.5. The van der Waals surface area contributed by atoms with Gasteiger partial charge in [-0.15, -0.1) is 11.3 Å². The van der Waals surface area contributed by atoms with Gasteiger partial charge in [0.25, 0.3) is 5.91 Å². The largest absolute Gasteiger partial charge is 0.479 e. The number of aromatic nitrogens is 1. The second-order valence-electron chi connectivity index (χ2n) is 4.73. The van der Waals surface area contributed by atoms with Crippen molar-refractivity contribution in [1.29, 1.82) is 0 Å². The lowest BCUT2D eigenvalue weighted by atomic mass is 9.99. The Morgan fingerprint density at radius 2 is 2.14 bits per heavy atom. The lowest BCUT2D eigenvalue weighted by Gasteiger charge is -2.33. The molecule has 7 heteroatoms. The maximum Gasteiger partial charge on any atom is 0.331 e. The number of hydrogen-bond acceptors (Lipinski definition) is 4. The molecule has 21 heavy (non-hydrogen) atoms. The van der Waals surface area contributed by atoms with Gasteiger partial charge in [-0.2, -0.15) is 0 Å². The van der Waals surface area contributed by atoms with Crippen molar-refractivity contribution < 1.29 is 14.7 Å². The van der Waals surface area contributed by atoms with Gasteiger partial charge in [-0.3, -0.25) is 9.59 Å². The predicted octanol–water partition coefficient (Wildman–Crippen LogP) is 1.26. The van der Waals surface area contributed by atoms with Gasteiger partial charge in [-0.05, 0) is 29.5 Å². The summed E-state index contributed by atoms with van der Waals surface area (Å²) in [5.74, 6) is -1.44. The smallest absolute Gasteiger partial charge is 0.331 e. The van der Waals surface area contributed by atoms with Gasteiger partial charge in [0.15, 0.2) is 6.04 Å². The minimum atomic E-state index is -1.05. The van der Waals surface area contributed by atoms with Crippen molar-refractivity contribution in [1.82, 2.24) is 9.88 Å². The molecular weight excluding hydrogens is 292 g/mol. The van der Waals surface area contributed by atoms with Crippen LogP contribution in [-0.4, -0.2) is 33.4 Å². The van der Waals surface area contributed by atoms with Gasteiger partial charge >= 0.3 is 5.97 Å². The van der Waals surface area contributed by atoms with Crippen LogP contribution < -0.4 is 5.56 Å². The molecule has 0 fully saturated rings. The molecule has 2 aromatic heterocycles. The number of carbonyl (C=O) groups excluding carboxylic acids is 1. The Balaban J connectivity index is 1.98. The minimum absolute atomic E-state index is 0.277. The van der Waals surface area contributed by atoms with E-state index in [1.807, 2.05) is 5.38 Å². The third-order valence-corrected chi connectivity index (χ3v) is 4.49. The van der Waals surface area contributed by atoms with Gasteiger partial charge in [0.05, 0.1) is 5.56 Å². The molecule has 1 aliphatic rings. The van der Waals surface area contributed by atoms with Crippen LogP contribution in [0.4, 0.5) is 0 Å². The predicted molar refractivity (Wildman–Crippen MR) is 76.5 cm³/mol. The SMILES string of the molecule is O=C(O)C1c2ccsc2CCN1C(=O)c1ccc(=O)[nH]c1. The van der Waals surface area contributed by atoms with Crippen LogP contribution in [0, 0.1) is 0 Å². The van der Waals surface area contributed by atoms with E-state index in [4.69, 9.17) is 0 Å². The number of carboxylic acids is 1. The van der Waals surface area contributed by atoms with Crippen molar-refractivity contribution in [2.75, 3.05) is 6.54 Å². The molecule has 2 aromatic rings. The highest BCUT2D eigenvalue weighted by Crippen LogP contribution is 2.34. The number of H-pyrrole nitrogens is 1. The number of pyridine rings is 1. The molecular formula is C14H12N2O4S. The van der Waals surface area contributed by atoms with Gasteiger partial charge in [0.1, 0.15) is 0 Å². The van der Waals surface area contributed by atoms with Crippen molar-refractivity contribution in [3.63, 3.8) is 0 Å². The van der Waals surface area contributed by atoms with Crippen molar-refractivity contribution in [2.24, 2.45) is 0 Å². The maximum atomic E-state index is 12.5. The number of nitrogens with zero attached hydrogens (tertiary/aromatic N) is 1. The highest BCUT2D eigenvalue weighted by Gasteiger charge is 2.36. The Hall–Kier alpha value is -2.41. The summed E-state index contributed by atoms with van der Waals surface area (Å²) in [6.07, 6.45) is 1.96. The van der Waals surface area contributed by atoms with E-state index in [0.29, 0.717) is 18.5 Å². The van der Waals surface area contributed by atoms with E-state index in [1.54, 1.807) is 6.07 Å². The topological polar surface area (TPSA) is 90.5 Å². The highest BCUT2D eigenvalue weighted by atomic mass is 32.1. The van der Waals surface area contributed by atoms with E-state index in [9.17, 15) is 19.5 Å². The quantitative estimate of drug-likeness (QED) is 0.874. The fourth-order valence-electron chi connectivity index (χ4n) is 2.51. The Bertz CT molecular complexity index is 744. The fraction of sp³-hybridized carbons (Fsp3) is 0.214. The number of carboxylic acid groups (broad SMARTS) is 1. The monoisotopic (exact) mass is 304 g/mol. The van der Waals surface area contributed by atoms with Crippen LogP contribution >= 0.6 is 11.3 Å². The molecule has 3 heterocycles. The van der Waals surface area contributed by atoms with Gasteiger partial charge in [0, 0.05) is 23.7 Å². The summed E-state index contributed by atoms with van der Waals surface area (Å²) in [4.78, 5) is 39.9. The number of nitrogens with one attached hydrogen (secondary N) is 1. The molecule has 1 atom stereocenters. The molecule has 1 unspecified atom stereocenters. The number of thiophene rings is 1. The lowest BCUT2D eigenvalue weighted by molar-refractivity contribution is -0.142. The molecule has 0 bridgehead atoms. The molecule has 1 aliphatic heterocycles. The second kappa shape index (κ2) is 5.17. The van der Waals surface area contributed by atoms with Gasteiger partial charge in [-0.25, -0.2) is 4.79 Å². The van der Waals surface area contributed by atoms with E-state index in [1.165, 1.54) is 34.6 Å². The second-order valence-corrected chi connectivity index (χ2v) is 5.73. The average molecular weight is 304 g/mol. The molecule has 108 valence electrons. The fourth-order valence-corrected chi connectivity index (χ4v) is 3.41. The summed E-state index contributed by atoms with van der Waals surface area (Å²) in [5.41, 5.74) is 0.649. The summed E-state index contributed by atoms with van der Waals surface area (Å²) in [6.45, 7) is 0.350. The van der Waals surface area contributed by atoms with E-state index in [0.717, 1.165) is 4.88 Å². The van der Waals surface area contributed by atoms with Crippen molar-refractivity contribution in [3.8, 4) is 0 Å². The van der Waals surface area contributed by atoms with Crippen LogP contribution in [0.1, 0.15) is 26.8 Å². The number of aromatic amines is 1. The van der Waals surface area contributed by atoms with Crippen LogP contribution in [0.2, 0.25) is 0 Å². The third-order valence-electron chi connectivity index (χ3n) is 3.49. The highest BCUT2D eigenvalue weighted by molar-refractivity contribution is 7.10. The summed E-state index contributed by atoms with van der Waals surface area (Å²) in [6, 6.07) is 3.44. The first-order valence-electron chi connectivity index (χ1n) is 6.36. The molecule has 0 aromatic carbocycles. The summed E-state index contributed by atoms with van der Waals surface area (Å²) in [5, 5.41) is 11.3. The van der Waals surface area contributed by atoms with E-state index < -0.39 is 17.9 Å². The Morgan fingerprint density at radius 3 is 2.81 bits per heavy atom. The number of aliphatic carboxylic acids is 1. The molecule has 2 N–H and O–H groups in total. The normalized spacial score (nSPS) is 17.3. The lowest BCUT2D eigenvalue weighted by Crippen LogP contribution is -2.43. The number of amides is 1. The van der Waals surface area contributed by atoms with Crippen molar-refractivity contribution >= 4 is 23.2 Å². The number of hydrogen-bond donors (Lipinski definition) is 2. The average Bonchev–Trinajstić information content (AvgIpc) is 2.94. The molecule has 6 nitrogen and oxygen atoms in total. The first kappa shape index (κ1) is 13.6. The summed E-state index contributed by atoms with van der Waals surface area (Å²) < 4.78 is 0. The number of fused-ring (bicyclic) bond motifs is 1. The molecule has 0 radical (unpaired) electrons. The summed E-state index contributed by atoms with van der Waals surface area (Å²) in [7, 11) is 0. The van der Waals surface area contributed by atoms with Crippen LogP contribution in [-0.2, 0) is 11.2 Å². The van der Waals surface area contributed by atoms with Crippen molar-refractivity contribution in [2.45, 2.75) is 12.5 Å². The zero-order chi connectivity index (χ0) is 15.0. The van der Waals surface area contributed by atoms with E-state index in [-0.39, 0.29) is 11.1 Å². The number of carbonyl (C=O) groups is 2. The van der Waals surface area contributed by atoms with Crippen LogP contribution in [0.5, 0.6) is 0 Å². The number of rotatable bonds is 2. The minimum Gasteiger partial charge on any atom is -0.479 e. The first-order chi connectivity index (χ1) is 10.1. The zero-order valence-corrected chi connectivity index (χ0v) is 11.7. The van der Waals surface area contributed by atoms with Gasteiger partial charge in [0.2, 0.25) is 5.56 Å². The Morgan fingerprint density at radius 1 is 1.33 bits per heavy atom. The first-order valence-corrected chi connectivity index (χ1v) is 7.24. The molecule has 0 spiro atoms. The standard InChI is InChI=1S/C14H12N2O4S/c17-11-2-1-8(7-15-11)13(18)16-5-3-10-9(4-6-21-10)12(16)14(19)20/h1-2,4,6-7,12H,3,5H2,(H,15,17)(H,19,20). The third kappa shape index (κ3) is 2.36. The molecule has 1 amide bonds. The van der Waals surface area contributed by atoms with E-state index in [2.05, 4.69) is 4.98 Å². The molecule has 0 saturated heterocycles. The zero-order valence-electron chi connectivity index (χ0n) is 10.9. The summed E-state index contributed by atoms with van der Waals surface area (Å²) >= 11 is 1.51. The Kier molecular flexibility index (Phi) is 3.34. The van der Waals surface area contributed by atoms with Gasteiger partial charge in [-0.1, -0.05) is 0 Å². The van der Waals surface area contributed by atoms with Crippen LogP contribution in [0.3, 0.4) is 0 Å². The molecule has 0 saturated carbocycles. The Labute approximate surface area is 123 Å². The van der Waals surface area contributed by atoms with E-state index >= 15 is 0 Å².